The third kappa shape index (κ3) is 3.29. The van der Waals surface area contributed by atoms with Gasteiger partial charge in [0.2, 0.25) is 0 Å². The molecule has 3 atom stereocenters. The first kappa shape index (κ1) is 17.1. The van der Waals surface area contributed by atoms with Crippen LogP contribution in [0.15, 0.2) is 71.1 Å². The molecular weight excluding hydrogens is 350 g/mol. The number of rotatable bonds is 5. The molecule has 2 saturated heterocycles. The molecule has 0 saturated carbocycles. The number of amides is 1. The summed E-state index contributed by atoms with van der Waals surface area (Å²) in [7, 11) is 0. The molecule has 142 valence electrons. The zero-order valence-corrected chi connectivity index (χ0v) is 15.5. The molecule has 2 bridgehead atoms. The van der Waals surface area contributed by atoms with E-state index in [1.165, 1.54) is 6.42 Å². The molecule has 0 aliphatic carbocycles. The quantitative estimate of drug-likeness (QED) is 0.623. The predicted octanol–water partition coefficient (Wildman–Crippen LogP) is 4.31. The lowest BCUT2D eigenvalue weighted by atomic mass is 9.95. The highest BCUT2D eigenvalue weighted by molar-refractivity contribution is 5.92. The van der Waals surface area contributed by atoms with Gasteiger partial charge >= 0.3 is 0 Å². The van der Waals surface area contributed by atoms with E-state index in [1.807, 2.05) is 60.7 Å². The summed E-state index contributed by atoms with van der Waals surface area (Å²) in [5.74, 6) is 0.890. The lowest BCUT2D eigenvalue weighted by Gasteiger charge is -2.20. The van der Waals surface area contributed by atoms with E-state index in [1.54, 1.807) is 6.07 Å². The van der Waals surface area contributed by atoms with E-state index in [4.69, 9.17) is 4.42 Å². The summed E-state index contributed by atoms with van der Waals surface area (Å²) in [4.78, 5) is 12.6. The van der Waals surface area contributed by atoms with Crippen LogP contribution in [0.4, 0.5) is 11.4 Å². The molecule has 3 heterocycles. The summed E-state index contributed by atoms with van der Waals surface area (Å²) < 4.78 is 5.93. The maximum absolute atomic E-state index is 12.6. The van der Waals surface area contributed by atoms with E-state index in [2.05, 4.69) is 16.0 Å². The van der Waals surface area contributed by atoms with Crippen LogP contribution < -0.4 is 16.0 Å². The fraction of sp³-hybridized carbons (Fsp3) is 0.261. The minimum absolute atomic E-state index is 0.140. The van der Waals surface area contributed by atoms with Crippen LogP contribution >= 0.6 is 0 Å². The van der Waals surface area contributed by atoms with Gasteiger partial charge < -0.3 is 20.4 Å². The molecule has 2 aliphatic rings. The molecule has 0 spiro atoms. The zero-order chi connectivity index (χ0) is 18.9. The first-order chi connectivity index (χ1) is 13.8. The molecule has 2 aromatic carbocycles. The van der Waals surface area contributed by atoms with Crippen molar-refractivity contribution in [2.75, 3.05) is 5.32 Å². The Morgan fingerprint density at radius 1 is 0.964 bits per heavy atom. The third-order valence-electron chi connectivity index (χ3n) is 5.69. The lowest BCUT2D eigenvalue weighted by Crippen LogP contribution is -2.42. The minimum atomic E-state index is -0.140. The molecular formula is C23H23N3O2. The van der Waals surface area contributed by atoms with Gasteiger partial charge in [-0.3, -0.25) is 4.79 Å². The Bertz CT molecular complexity index is 982. The number of hydrogen-bond acceptors (Lipinski definition) is 4. The van der Waals surface area contributed by atoms with Crippen LogP contribution in [0.1, 0.15) is 29.8 Å². The van der Waals surface area contributed by atoms with E-state index < -0.39 is 0 Å². The SMILES string of the molecule is O=C(N[C@@H]1C[C@H]2CC[C@@H]1N2)c1ccc(-c2ccccc2Nc2ccccc2)o1. The van der Waals surface area contributed by atoms with Gasteiger partial charge in [-0.25, -0.2) is 0 Å². The van der Waals surface area contributed by atoms with Crippen LogP contribution in [0, 0.1) is 0 Å². The van der Waals surface area contributed by atoms with E-state index in [0.717, 1.165) is 29.8 Å². The van der Waals surface area contributed by atoms with Crippen molar-refractivity contribution >= 4 is 17.3 Å². The highest BCUT2D eigenvalue weighted by Gasteiger charge is 2.40. The minimum Gasteiger partial charge on any atom is -0.451 e. The van der Waals surface area contributed by atoms with Crippen LogP contribution in [-0.2, 0) is 0 Å². The fourth-order valence-corrected chi connectivity index (χ4v) is 4.31. The highest BCUT2D eigenvalue weighted by Crippen LogP contribution is 2.32. The van der Waals surface area contributed by atoms with Crippen LogP contribution in [0.2, 0.25) is 0 Å². The Kier molecular flexibility index (Phi) is 4.37. The second-order valence-electron chi connectivity index (χ2n) is 7.56. The van der Waals surface area contributed by atoms with Crippen LogP contribution in [0.3, 0.4) is 0 Å². The summed E-state index contributed by atoms with van der Waals surface area (Å²) in [5, 5.41) is 10.1. The van der Waals surface area contributed by atoms with Gasteiger partial charge in [0.25, 0.3) is 5.91 Å². The average Bonchev–Trinajstić information content (AvgIpc) is 3.46. The molecule has 5 heteroatoms. The number of benzene rings is 2. The topological polar surface area (TPSA) is 66.3 Å². The van der Waals surface area contributed by atoms with Crippen molar-refractivity contribution in [3.8, 4) is 11.3 Å². The smallest absolute Gasteiger partial charge is 0.287 e. The van der Waals surface area contributed by atoms with Crippen molar-refractivity contribution in [3.05, 3.63) is 72.5 Å². The average molecular weight is 373 g/mol. The Hall–Kier alpha value is -3.05. The predicted molar refractivity (Wildman–Crippen MR) is 110 cm³/mol. The van der Waals surface area contributed by atoms with Gasteiger partial charge in [-0.1, -0.05) is 30.3 Å². The summed E-state index contributed by atoms with van der Waals surface area (Å²) in [6.45, 7) is 0. The Morgan fingerprint density at radius 3 is 2.57 bits per heavy atom. The maximum atomic E-state index is 12.6. The maximum Gasteiger partial charge on any atom is 0.287 e. The summed E-state index contributed by atoms with van der Waals surface area (Å²) in [6.07, 6.45) is 3.36. The first-order valence-electron chi connectivity index (χ1n) is 9.84. The molecule has 5 nitrogen and oxygen atoms in total. The number of carbonyl (C=O) groups is 1. The number of anilines is 2. The number of carbonyl (C=O) groups excluding carboxylic acids is 1. The molecule has 2 aliphatic heterocycles. The molecule has 5 rings (SSSR count). The molecule has 0 radical (unpaired) electrons. The number of hydrogen-bond donors (Lipinski definition) is 3. The molecule has 3 N–H and O–H groups in total. The van der Waals surface area contributed by atoms with Crippen molar-refractivity contribution in [1.29, 1.82) is 0 Å². The highest BCUT2D eigenvalue weighted by atomic mass is 16.3. The van der Waals surface area contributed by atoms with Gasteiger partial charge in [-0.05, 0) is 55.7 Å². The third-order valence-corrected chi connectivity index (χ3v) is 5.69. The van der Waals surface area contributed by atoms with E-state index in [9.17, 15) is 4.79 Å². The van der Waals surface area contributed by atoms with Crippen LogP contribution in [0.5, 0.6) is 0 Å². The number of furan rings is 1. The van der Waals surface area contributed by atoms with E-state index >= 15 is 0 Å². The van der Waals surface area contributed by atoms with Crippen molar-refractivity contribution in [2.45, 2.75) is 37.4 Å². The second-order valence-corrected chi connectivity index (χ2v) is 7.56. The number of nitrogens with one attached hydrogen (secondary N) is 3. The zero-order valence-electron chi connectivity index (χ0n) is 15.5. The number of fused-ring (bicyclic) bond motifs is 2. The summed E-state index contributed by atoms with van der Waals surface area (Å²) in [5.41, 5.74) is 2.86. The normalized spacial score (nSPS) is 22.9. The van der Waals surface area contributed by atoms with Gasteiger partial charge in [0.15, 0.2) is 5.76 Å². The summed E-state index contributed by atoms with van der Waals surface area (Å²) >= 11 is 0. The van der Waals surface area contributed by atoms with E-state index in [-0.39, 0.29) is 11.9 Å². The molecule has 1 aromatic heterocycles. The number of para-hydroxylation sites is 2. The molecule has 2 fully saturated rings. The van der Waals surface area contributed by atoms with Gasteiger partial charge in [-0.2, -0.15) is 0 Å². The van der Waals surface area contributed by atoms with Gasteiger partial charge in [-0.15, -0.1) is 0 Å². The van der Waals surface area contributed by atoms with Crippen molar-refractivity contribution in [2.24, 2.45) is 0 Å². The van der Waals surface area contributed by atoms with Crippen molar-refractivity contribution < 1.29 is 9.21 Å². The van der Waals surface area contributed by atoms with Gasteiger partial charge in [0.1, 0.15) is 5.76 Å². The second kappa shape index (κ2) is 7.17. The van der Waals surface area contributed by atoms with E-state index in [0.29, 0.717) is 23.6 Å². The standard InChI is InChI=1S/C23H23N3O2/c27-23(26-20-14-16-10-11-19(20)25-16)22-13-12-21(28-22)17-8-4-5-9-18(17)24-15-6-2-1-3-7-15/h1-9,12-13,16,19-20,24-25H,10-11,14H2,(H,26,27)/t16-,19+,20-/m1/s1. The summed E-state index contributed by atoms with van der Waals surface area (Å²) in [6, 6.07) is 22.7. The Labute approximate surface area is 164 Å². The molecule has 3 aromatic rings. The Balaban J connectivity index is 1.34. The fourth-order valence-electron chi connectivity index (χ4n) is 4.31. The molecule has 0 unspecified atom stereocenters. The largest absolute Gasteiger partial charge is 0.451 e. The molecule has 28 heavy (non-hydrogen) atoms. The van der Waals surface area contributed by atoms with Crippen molar-refractivity contribution in [3.63, 3.8) is 0 Å². The first-order valence-corrected chi connectivity index (χ1v) is 9.84. The molecule has 1 amide bonds. The van der Waals surface area contributed by atoms with Gasteiger partial charge in [0, 0.05) is 35.1 Å². The van der Waals surface area contributed by atoms with Gasteiger partial charge in [0.05, 0.1) is 0 Å². The van der Waals surface area contributed by atoms with Crippen molar-refractivity contribution in [1.82, 2.24) is 10.6 Å². The Morgan fingerprint density at radius 2 is 1.79 bits per heavy atom. The van der Waals surface area contributed by atoms with Crippen LogP contribution in [0.25, 0.3) is 11.3 Å². The van der Waals surface area contributed by atoms with Crippen LogP contribution in [-0.4, -0.2) is 24.0 Å². The lowest BCUT2D eigenvalue weighted by molar-refractivity contribution is 0.0903. The monoisotopic (exact) mass is 373 g/mol.